The van der Waals surface area contributed by atoms with E-state index in [0.29, 0.717) is 0 Å². The van der Waals surface area contributed by atoms with E-state index in [4.69, 9.17) is 16.9 Å². The van der Waals surface area contributed by atoms with Crippen LogP contribution in [0, 0.1) is 21.6 Å². The summed E-state index contributed by atoms with van der Waals surface area (Å²) in [6.45, 7) is 0. The molecule has 0 bridgehead atoms. The van der Waals surface area contributed by atoms with Crippen molar-refractivity contribution in [1.82, 2.24) is 5.32 Å². The molecule has 0 aliphatic rings. The lowest BCUT2D eigenvalue weighted by Crippen LogP contribution is -2.18. The smallest absolute Gasteiger partial charge is 0.268 e. The van der Waals surface area contributed by atoms with Gasteiger partial charge in [-0.1, -0.05) is 11.6 Å². The van der Waals surface area contributed by atoms with Crippen molar-refractivity contribution in [3.05, 3.63) is 38.9 Å². The Hall–Kier alpha value is -2.13. The van der Waals surface area contributed by atoms with Gasteiger partial charge in [0.05, 0.1) is 4.92 Å². The Morgan fingerprint density at radius 1 is 1.60 bits per heavy atom. The number of nitrogens with one attached hydrogen (secondary N) is 1. The molecule has 0 aliphatic heterocycles. The van der Waals surface area contributed by atoms with Crippen molar-refractivity contribution in [2.45, 2.75) is 0 Å². The van der Waals surface area contributed by atoms with Gasteiger partial charge in [-0.3, -0.25) is 20.2 Å². The molecule has 0 saturated carbocycles. The van der Waals surface area contributed by atoms with Gasteiger partial charge in [-0.25, -0.2) is 0 Å². The fourth-order valence-corrected chi connectivity index (χ4v) is 1.13. The van der Waals surface area contributed by atoms with Gasteiger partial charge in [0.2, 0.25) is 0 Å². The molecule has 0 aliphatic carbocycles. The number of nitro groups is 1. The number of halogens is 1. The van der Waals surface area contributed by atoms with Gasteiger partial charge in [-0.2, -0.15) is 5.26 Å². The molecule has 1 aromatic carbocycles. The summed E-state index contributed by atoms with van der Waals surface area (Å²) in [4.78, 5) is 21.0. The lowest BCUT2D eigenvalue weighted by molar-refractivity contribution is -0.385. The van der Waals surface area contributed by atoms with Crippen LogP contribution in [0.1, 0.15) is 10.4 Å². The van der Waals surface area contributed by atoms with E-state index >= 15 is 0 Å². The predicted octanol–water partition coefficient (Wildman–Crippen LogP) is 1.46. The first-order valence-electron chi connectivity index (χ1n) is 3.69. The summed E-state index contributed by atoms with van der Waals surface area (Å²) in [6.07, 6.45) is 1.39. The Morgan fingerprint density at radius 2 is 2.27 bits per heavy atom. The first-order chi connectivity index (χ1) is 7.06. The number of carbonyl (C=O) groups is 1. The molecule has 15 heavy (non-hydrogen) atoms. The second kappa shape index (κ2) is 4.39. The quantitative estimate of drug-likeness (QED) is 0.357. The fraction of sp³-hybridized carbons (Fsp3) is 0. The van der Waals surface area contributed by atoms with Crippen molar-refractivity contribution >= 4 is 23.2 Å². The predicted molar refractivity (Wildman–Crippen MR) is 51.2 cm³/mol. The zero-order valence-electron chi connectivity index (χ0n) is 7.23. The Balaban J connectivity index is 3.24. The molecule has 0 fully saturated rings. The summed E-state index contributed by atoms with van der Waals surface area (Å²) < 4.78 is 0. The first kappa shape index (κ1) is 10.9. The molecule has 0 aromatic heterocycles. The molecule has 0 spiro atoms. The Labute approximate surface area is 89.2 Å². The molecule has 6 nitrogen and oxygen atoms in total. The second-order valence-corrected chi connectivity index (χ2v) is 2.92. The third-order valence-corrected chi connectivity index (χ3v) is 1.81. The summed E-state index contributed by atoms with van der Waals surface area (Å²) >= 11 is 5.54. The largest absolute Gasteiger partial charge is 0.283 e. The highest BCUT2D eigenvalue weighted by atomic mass is 35.5. The zero-order chi connectivity index (χ0) is 11.4. The molecule has 0 saturated heterocycles. The summed E-state index contributed by atoms with van der Waals surface area (Å²) in [5.41, 5.74) is -0.638. The Kier molecular flexibility index (Phi) is 3.21. The minimum absolute atomic E-state index is 0.148. The molecule has 0 atom stereocenters. The highest BCUT2D eigenvalue weighted by Gasteiger charge is 2.19. The molecule has 1 aromatic rings. The van der Waals surface area contributed by atoms with E-state index in [1.54, 1.807) is 5.32 Å². The van der Waals surface area contributed by atoms with Crippen LogP contribution in [0.4, 0.5) is 5.69 Å². The minimum Gasteiger partial charge on any atom is -0.268 e. The van der Waals surface area contributed by atoms with Gasteiger partial charge < -0.3 is 0 Å². The summed E-state index contributed by atoms with van der Waals surface area (Å²) in [7, 11) is 0. The van der Waals surface area contributed by atoms with Crippen LogP contribution in [0.3, 0.4) is 0 Å². The maximum atomic E-state index is 11.2. The van der Waals surface area contributed by atoms with E-state index in [-0.39, 0.29) is 10.6 Å². The van der Waals surface area contributed by atoms with Gasteiger partial charge in [0.25, 0.3) is 11.6 Å². The number of benzene rings is 1. The number of hydrogen-bond donors (Lipinski definition) is 1. The van der Waals surface area contributed by atoms with Crippen LogP contribution in [0.15, 0.2) is 18.2 Å². The van der Waals surface area contributed by atoms with Crippen LogP contribution in [-0.2, 0) is 0 Å². The van der Waals surface area contributed by atoms with Gasteiger partial charge >= 0.3 is 0 Å². The van der Waals surface area contributed by atoms with E-state index in [0.717, 1.165) is 6.07 Å². The second-order valence-electron chi connectivity index (χ2n) is 2.48. The van der Waals surface area contributed by atoms with Crippen LogP contribution in [0.2, 0.25) is 5.02 Å². The van der Waals surface area contributed by atoms with Gasteiger partial charge in [-0.15, -0.1) is 0 Å². The highest BCUT2D eigenvalue weighted by molar-refractivity contribution is 6.31. The number of nitriles is 1. The van der Waals surface area contributed by atoms with E-state index in [2.05, 4.69) is 0 Å². The number of nitrogens with zero attached hydrogens (tertiary/aromatic N) is 2. The monoisotopic (exact) mass is 225 g/mol. The standard InChI is InChI=1S/C8H4ClN3O3/c9-5-1-2-6(8(13)11-4-10)7(3-5)12(14)15/h1-3H,(H,11,13). The molecule has 1 rings (SSSR count). The number of nitro benzene ring substituents is 1. The van der Waals surface area contributed by atoms with Crippen LogP contribution in [-0.4, -0.2) is 10.8 Å². The summed E-state index contributed by atoms with van der Waals surface area (Å²) in [5.74, 6) is -0.833. The third-order valence-electron chi connectivity index (χ3n) is 1.57. The van der Waals surface area contributed by atoms with Gasteiger partial charge in [0.1, 0.15) is 5.56 Å². The van der Waals surface area contributed by atoms with Crippen molar-refractivity contribution in [3.63, 3.8) is 0 Å². The molecule has 1 N–H and O–H groups in total. The normalized spacial score (nSPS) is 9.07. The molecular weight excluding hydrogens is 222 g/mol. The molecule has 0 radical (unpaired) electrons. The lowest BCUT2D eigenvalue weighted by atomic mass is 10.1. The molecule has 76 valence electrons. The van der Waals surface area contributed by atoms with E-state index in [9.17, 15) is 14.9 Å². The van der Waals surface area contributed by atoms with Gasteiger partial charge in [0.15, 0.2) is 6.19 Å². The average molecular weight is 226 g/mol. The first-order valence-corrected chi connectivity index (χ1v) is 4.07. The average Bonchev–Trinajstić information content (AvgIpc) is 2.17. The van der Waals surface area contributed by atoms with E-state index in [1.165, 1.54) is 18.3 Å². The number of rotatable bonds is 2. The summed E-state index contributed by atoms with van der Waals surface area (Å²) in [6, 6.07) is 3.57. The number of amides is 1. The SMILES string of the molecule is N#CNC(=O)c1ccc(Cl)cc1[N+](=O)[O-]. The topological polar surface area (TPSA) is 96.0 Å². The van der Waals surface area contributed by atoms with Gasteiger partial charge in [-0.05, 0) is 12.1 Å². The zero-order valence-corrected chi connectivity index (χ0v) is 7.99. The lowest BCUT2D eigenvalue weighted by Gasteiger charge is -2.00. The molecule has 0 heterocycles. The minimum atomic E-state index is -0.833. The van der Waals surface area contributed by atoms with Crippen LogP contribution in [0.5, 0.6) is 0 Å². The molecule has 0 unspecified atom stereocenters. The Bertz CT molecular complexity index is 467. The Morgan fingerprint density at radius 3 is 2.80 bits per heavy atom. The molecule has 7 heteroatoms. The van der Waals surface area contributed by atoms with Crippen molar-refractivity contribution in [1.29, 1.82) is 5.26 Å². The maximum Gasteiger partial charge on any atom is 0.283 e. The highest BCUT2D eigenvalue weighted by Crippen LogP contribution is 2.22. The fourth-order valence-electron chi connectivity index (χ4n) is 0.966. The number of carbonyl (C=O) groups excluding carboxylic acids is 1. The van der Waals surface area contributed by atoms with Crippen LogP contribution in [0.25, 0.3) is 0 Å². The van der Waals surface area contributed by atoms with Crippen molar-refractivity contribution < 1.29 is 9.72 Å². The third kappa shape index (κ3) is 2.42. The van der Waals surface area contributed by atoms with Crippen molar-refractivity contribution in [2.75, 3.05) is 0 Å². The van der Waals surface area contributed by atoms with Crippen molar-refractivity contribution in [3.8, 4) is 6.19 Å². The van der Waals surface area contributed by atoms with E-state index in [1.807, 2.05) is 0 Å². The van der Waals surface area contributed by atoms with Crippen LogP contribution < -0.4 is 5.32 Å². The number of hydrogen-bond acceptors (Lipinski definition) is 4. The van der Waals surface area contributed by atoms with E-state index < -0.39 is 16.5 Å². The van der Waals surface area contributed by atoms with Gasteiger partial charge in [0, 0.05) is 11.1 Å². The van der Waals surface area contributed by atoms with Crippen molar-refractivity contribution in [2.24, 2.45) is 0 Å². The molecular formula is C8H4ClN3O3. The maximum absolute atomic E-state index is 11.2. The van der Waals surface area contributed by atoms with Crippen LogP contribution >= 0.6 is 11.6 Å². The summed E-state index contributed by atoms with van der Waals surface area (Å²) in [5, 5.41) is 20.7. The molecule has 1 amide bonds.